The number of phenolic OH excluding ortho intramolecular Hbond substituents is 2. The summed E-state index contributed by atoms with van der Waals surface area (Å²) in [5.41, 5.74) is 13.2. The fourth-order valence-electron chi connectivity index (χ4n) is 3.33. The predicted octanol–water partition coefficient (Wildman–Crippen LogP) is 2.38. The zero-order valence-corrected chi connectivity index (χ0v) is 13.8. The molecule has 2 atom stereocenters. The van der Waals surface area contributed by atoms with Crippen molar-refractivity contribution in [2.45, 2.75) is 44.1 Å². The van der Waals surface area contributed by atoms with E-state index < -0.39 is 0 Å². The number of rotatable bonds is 2. The first-order valence-electron chi connectivity index (χ1n) is 8.35. The second-order valence-electron chi connectivity index (χ2n) is 6.47. The third-order valence-electron chi connectivity index (χ3n) is 4.70. The van der Waals surface area contributed by atoms with Crippen LogP contribution >= 0.6 is 0 Å². The van der Waals surface area contributed by atoms with Gasteiger partial charge in [-0.15, -0.1) is 0 Å². The van der Waals surface area contributed by atoms with Crippen LogP contribution in [0, 0.1) is 11.3 Å². The van der Waals surface area contributed by atoms with Crippen molar-refractivity contribution in [1.29, 1.82) is 5.26 Å². The van der Waals surface area contributed by atoms with E-state index in [1.807, 2.05) is 0 Å². The van der Waals surface area contributed by atoms with Gasteiger partial charge in [0.05, 0.1) is 11.3 Å². The summed E-state index contributed by atoms with van der Waals surface area (Å²) in [6, 6.07) is 6.40. The minimum absolute atomic E-state index is 0.0127. The number of phenols is 2. The standard InChI is InChI=1S/C18H21N5O2/c19-9-14-16(10-2-1-3-11(20)5-4-10)22-18(23-17(14)21)13-8-12(24)6-7-15(13)25/h6-8,10-11,24-25H,1-5,20H2,(H2,21,22,23). The molecule has 0 aliphatic heterocycles. The summed E-state index contributed by atoms with van der Waals surface area (Å²) in [4.78, 5) is 8.70. The Morgan fingerprint density at radius 2 is 1.92 bits per heavy atom. The summed E-state index contributed by atoms with van der Waals surface area (Å²) in [6.07, 6.45) is 4.50. The molecule has 0 spiro atoms. The van der Waals surface area contributed by atoms with Crippen LogP contribution < -0.4 is 11.5 Å². The van der Waals surface area contributed by atoms with Crippen molar-refractivity contribution in [3.63, 3.8) is 0 Å². The Balaban J connectivity index is 2.10. The van der Waals surface area contributed by atoms with Crippen molar-refractivity contribution in [2.24, 2.45) is 5.73 Å². The average molecular weight is 339 g/mol. The van der Waals surface area contributed by atoms with Gasteiger partial charge in [0.2, 0.25) is 0 Å². The third kappa shape index (κ3) is 3.49. The first-order valence-corrected chi connectivity index (χ1v) is 8.35. The number of hydrogen-bond donors (Lipinski definition) is 4. The highest BCUT2D eigenvalue weighted by Crippen LogP contribution is 2.36. The number of aromatic nitrogens is 2. The maximum Gasteiger partial charge on any atom is 0.165 e. The Hall–Kier alpha value is -2.85. The van der Waals surface area contributed by atoms with Crippen molar-refractivity contribution < 1.29 is 10.2 Å². The average Bonchev–Trinajstić information content (AvgIpc) is 2.81. The summed E-state index contributed by atoms with van der Waals surface area (Å²) in [5, 5.41) is 29.3. The van der Waals surface area contributed by atoms with Crippen LogP contribution in [0.3, 0.4) is 0 Å². The van der Waals surface area contributed by atoms with Crippen molar-refractivity contribution in [1.82, 2.24) is 9.97 Å². The summed E-state index contributed by atoms with van der Waals surface area (Å²) >= 11 is 0. The zero-order chi connectivity index (χ0) is 18.0. The van der Waals surface area contributed by atoms with E-state index in [9.17, 15) is 15.5 Å². The molecule has 6 N–H and O–H groups in total. The highest BCUT2D eigenvalue weighted by atomic mass is 16.3. The highest BCUT2D eigenvalue weighted by molar-refractivity contribution is 5.68. The molecule has 1 aliphatic carbocycles. The fraction of sp³-hybridized carbons (Fsp3) is 0.389. The van der Waals surface area contributed by atoms with Gasteiger partial charge in [-0.05, 0) is 43.9 Å². The van der Waals surface area contributed by atoms with Gasteiger partial charge in [-0.2, -0.15) is 5.26 Å². The predicted molar refractivity (Wildman–Crippen MR) is 93.7 cm³/mol. The molecule has 1 aliphatic rings. The van der Waals surface area contributed by atoms with Gasteiger partial charge in [0.15, 0.2) is 5.82 Å². The van der Waals surface area contributed by atoms with E-state index in [-0.39, 0.29) is 46.2 Å². The maximum absolute atomic E-state index is 10.1. The van der Waals surface area contributed by atoms with Gasteiger partial charge in [0.1, 0.15) is 28.9 Å². The summed E-state index contributed by atoms with van der Waals surface area (Å²) in [7, 11) is 0. The Labute approximate surface area is 146 Å². The summed E-state index contributed by atoms with van der Waals surface area (Å²) in [6.45, 7) is 0. The van der Waals surface area contributed by atoms with Crippen molar-refractivity contribution in [3.8, 4) is 29.0 Å². The lowest BCUT2D eigenvalue weighted by atomic mass is 9.93. The first-order chi connectivity index (χ1) is 12.0. The van der Waals surface area contributed by atoms with E-state index >= 15 is 0 Å². The van der Waals surface area contributed by atoms with E-state index in [0.29, 0.717) is 5.69 Å². The molecule has 1 aromatic heterocycles. The summed E-state index contributed by atoms with van der Waals surface area (Å²) in [5.74, 6) is 0.288. The molecule has 7 nitrogen and oxygen atoms in total. The lowest BCUT2D eigenvalue weighted by molar-refractivity contribution is 0.461. The Kier molecular flexibility index (Phi) is 4.72. The van der Waals surface area contributed by atoms with Gasteiger partial charge in [-0.1, -0.05) is 6.42 Å². The molecular weight excluding hydrogens is 318 g/mol. The van der Waals surface area contributed by atoms with Crippen LogP contribution in [0.5, 0.6) is 11.5 Å². The second kappa shape index (κ2) is 6.95. The van der Waals surface area contributed by atoms with E-state index in [0.717, 1.165) is 32.1 Å². The molecule has 0 saturated heterocycles. The molecule has 25 heavy (non-hydrogen) atoms. The molecule has 0 amide bonds. The topological polar surface area (TPSA) is 142 Å². The molecule has 0 bridgehead atoms. The van der Waals surface area contributed by atoms with E-state index in [4.69, 9.17) is 11.5 Å². The first kappa shape index (κ1) is 17.0. The van der Waals surface area contributed by atoms with Crippen molar-refractivity contribution in [2.75, 3.05) is 5.73 Å². The van der Waals surface area contributed by atoms with Crippen LogP contribution in [0.4, 0.5) is 5.82 Å². The zero-order valence-electron chi connectivity index (χ0n) is 13.8. The molecular formula is C18H21N5O2. The van der Waals surface area contributed by atoms with Crippen LogP contribution in [-0.4, -0.2) is 26.2 Å². The smallest absolute Gasteiger partial charge is 0.165 e. The molecule has 1 heterocycles. The second-order valence-corrected chi connectivity index (χ2v) is 6.47. The normalized spacial score (nSPS) is 20.6. The lowest BCUT2D eigenvalue weighted by Gasteiger charge is -2.17. The maximum atomic E-state index is 10.1. The van der Waals surface area contributed by atoms with Crippen LogP contribution in [0.2, 0.25) is 0 Å². The van der Waals surface area contributed by atoms with Crippen LogP contribution in [0.15, 0.2) is 18.2 Å². The van der Waals surface area contributed by atoms with Gasteiger partial charge < -0.3 is 21.7 Å². The van der Waals surface area contributed by atoms with Crippen LogP contribution in [0.1, 0.15) is 49.3 Å². The number of nitriles is 1. The molecule has 130 valence electrons. The van der Waals surface area contributed by atoms with E-state index in [1.54, 1.807) is 0 Å². The van der Waals surface area contributed by atoms with Gasteiger partial charge >= 0.3 is 0 Å². The number of nitrogen functional groups attached to an aromatic ring is 1. The lowest BCUT2D eigenvalue weighted by Crippen LogP contribution is -2.18. The summed E-state index contributed by atoms with van der Waals surface area (Å²) < 4.78 is 0. The molecule has 1 saturated carbocycles. The van der Waals surface area contributed by atoms with Crippen molar-refractivity contribution >= 4 is 5.82 Å². The molecule has 1 fully saturated rings. The number of benzene rings is 1. The Morgan fingerprint density at radius 1 is 1.12 bits per heavy atom. The molecule has 7 heteroatoms. The molecule has 3 rings (SSSR count). The van der Waals surface area contributed by atoms with E-state index in [1.165, 1.54) is 18.2 Å². The minimum atomic E-state index is -0.0595. The van der Waals surface area contributed by atoms with Crippen LogP contribution in [-0.2, 0) is 0 Å². The minimum Gasteiger partial charge on any atom is -0.508 e. The van der Waals surface area contributed by atoms with Gasteiger partial charge in [-0.3, -0.25) is 0 Å². The molecule has 0 radical (unpaired) electrons. The number of hydrogen-bond acceptors (Lipinski definition) is 7. The Morgan fingerprint density at radius 3 is 2.68 bits per heavy atom. The largest absolute Gasteiger partial charge is 0.508 e. The van der Waals surface area contributed by atoms with Gasteiger partial charge in [-0.25, -0.2) is 9.97 Å². The third-order valence-corrected chi connectivity index (χ3v) is 4.70. The molecule has 2 unspecified atom stereocenters. The van der Waals surface area contributed by atoms with Crippen molar-refractivity contribution in [3.05, 3.63) is 29.5 Å². The van der Waals surface area contributed by atoms with Gasteiger partial charge in [0, 0.05) is 12.0 Å². The molecule has 1 aromatic carbocycles. The Bertz CT molecular complexity index is 831. The number of nitrogens with zero attached hydrogens (tertiary/aromatic N) is 3. The van der Waals surface area contributed by atoms with E-state index in [2.05, 4.69) is 16.0 Å². The monoisotopic (exact) mass is 339 g/mol. The van der Waals surface area contributed by atoms with Crippen LogP contribution in [0.25, 0.3) is 11.4 Å². The number of anilines is 1. The van der Waals surface area contributed by atoms with Gasteiger partial charge in [0.25, 0.3) is 0 Å². The number of nitrogens with two attached hydrogens (primary N) is 2. The highest BCUT2D eigenvalue weighted by Gasteiger charge is 2.25. The quantitative estimate of drug-likeness (QED) is 0.486. The number of aromatic hydroxyl groups is 2. The molecule has 2 aromatic rings. The fourth-order valence-corrected chi connectivity index (χ4v) is 3.33. The SMILES string of the molecule is N#Cc1c(N)nc(-c2cc(O)ccc2O)nc1C1CCCC(N)CC1.